The average molecular weight is 267 g/mol. The van der Waals surface area contributed by atoms with Gasteiger partial charge < -0.3 is 9.47 Å². The minimum Gasteiger partial charge on any atom is -0.458 e. The van der Waals surface area contributed by atoms with Crippen LogP contribution in [0.25, 0.3) is 0 Å². The van der Waals surface area contributed by atoms with Crippen molar-refractivity contribution >= 4 is 17.6 Å². The van der Waals surface area contributed by atoms with Crippen molar-refractivity contribution in [3.63, 3.8) is 0 Å². The van der Waals surface area contributed by atoms with Gasteiger partial charge in [0.2, 0.25) is 0 Å². The largest absolute Gasteiger partial charge is 0.458 e. The van der Waals surface area contributed by atoms with E-state index in [1.165, 1.54) is 39.0 Å². The predicted molar refractivity (Wildman–Crippen MR) is 64.6 cm³/mol. The summed E-state index contributed by atoms with van der Waals surface area (Å²) in [6.45, 7) is 3.97. The van der Waals surface area contributed by atoms with E-state index in [9.17, 15) is 19.7 Å². The molecule has 0 spiro atoms. The first-order chi connectivity index (χ1) is 8.81. The molecule has 0 amide bonds. The molecule has 0 heterocycles. The van der Waals surface area contributed by atoms with Crippen molar-refractivity contribution in [3.8, 4) is 5.75 Å². The summed E-state index contributed by atoms with van der Waals surface area (Å²) in [6, 6.07) is 3.73. The van der Waals surface area contributed by atoms with Gasteiger partial charge in [-0.3, -0.25) is 19.7 Å². The predicted octanol–water partition coefficient (Wildman–Crippen LogP) is 2.14. The number of nitrogens with zero attached hydrogens (tertiary/aromatic N) is 1. The van der Waals surface area contributed by atoms with Crippen LogP contribution in [0.4, 0.5) is 5.69 Å². The second-order valence-corrected chi connectivity index (χ2v) is 3.82. The number of ether oxygens (including phenoxy) is 2. The third-order valence-corrected chi connectivity index (χ3v) is 2.24. The van der Waals surface area contributed by atoms with Gasteiger partial charge in [-0.25, -0.2) is 0 Å². The molecule has 0 fully saturated rings. The lowest BCUT2D eigenvalue weighted by Gasteiger charge is -2.15. The molecule has 1 atom stereocenters. The molecule has 0 bridgehead atoms. The molecule has 0 saturated carbocycles. The molecule has 7 nitrogen and oxygen atoms in total. The first-order valence-electron chi connectivity index (χ1n) is 5.45. The maximum absolute atomic E-state index is 11.0. The van der Waals surface area contributed by atoms with Gasteiger partial charge in [0.1, 0.15) is 11.9 Å². The molecule has 0 aliphatic rings. The quantitative estimate of drug-likeness (QED) is 0.359. The normalized spacial score (nSPS) is 11.5. The standard InChI is InChI=1S/C12H13NO6/c1-7(18-8(2)14)11-6-10(13(16)17)4-5-12(11)19-9(3)15/h4-7H,1-3H3. The maximum atomic E-state index is 11.0. The monoisotopic (exact) mass is 267 g/mol. The number of carbonyl (C=O) groups is 2. The van der Waals surface area contributed by atoms with Crippen molar-refractivity contribution in [2.45, 2.75) is 26.9 Å². The minimum atomic E-state index is -0.758. The summed E-state index contributed by atoms with van der Waals surface area (Å²) in [5.74, 6) is -0.968. The van der Waals surface area contributed by atoms with Crippen LogP contribution in [0.15, 0.2) is 18.2 Å². The zero-order valence-electron chi connectivity index (χ0n) is 10.7. The third-order valence-electron chi connectivity index (χ3n) is 2.24. The van der Waals surface area contributed by atoms with Crippen molar-refractivity contribution in [1.82, 2.24) is 0 Å². The Morgan fingerprint density at radius 1 is 1.26 bits per heavy atom. The van der Waals surface area contributed by atoms with Crippen LogP contribution in [0.5, 0.6) is 5.75 Å². The SMILES string of the molecule is CC(=O)Oc1ccc([N+](=O)[O-])cc1C(C)OC(C)=O. The smallest absolute Gasteiger partial charge is 0.308 e. The molecule has 1 aromatic carbocycles. The number of benzene rings is 1. The van der Waals surface area contributed by atoms with Crippen molar-refractivity contribution in [2.75, 3.05) is 0 Å². The summed E-state index contributed by atoms with van der Waals surface area (Å²) in [6.07, 6.45) is -0.758. The fourth-order valence-corrected chi connectivity index (χ4v) is 1.53. The van der Waals surface area contributed by atoms with Gasteiger partial charge in [-0.1, -0.05) is 0 Å². The van der Waals surface area contributed by atoms with E-state index < -0.39 is 23.0 Å². The van der Waals surface area contributed by atoms with Crippen molar-refractivity contribution in [3.05, 3.63) is 33.9 Å². The van der Waals surface area contributed by atoms with Gasteiger partial charge in [0.05, 0.1) is 4.92 Å². The fraction of sp³-hybridized carbons (Fsp3) is 0.333. The summed E-state index contributed by atoms with van der Waals surface area (Å²) >= 11 is 0. The summed E-state index contributed by atoms with van der Waals surface area (Å²) < 4.78 is 9.87. The zero-order chi connectivity index (χ0) is 14.6. The molecular formula is C12H13NO6. The first kappa shape index (κ1) is 14.6. The molecule has 19 heavy (non-hydrogen) atoms. The van der Waals surface area contributed by atoms with Gasteiger partial charge in [-0.15, -0.1) is 0 Å². The number of nitro groups is 1. The molecule has 0 aromatic heterocycles. The molecule has 0 aliphatic carbocycles. The molecule has 0 saturated heterocycles. The molecule has 7 heteroatoms. The number of hydrogen-bond acceptors (Lipinski definition) is 6. The number of nitro benzene ring substituents is 1. The van der Waals surface area contributed by atoms with Crippen LogP contribution in [0.1, 0.15) is 32.4 Å². The molecule has 102 valence electrons. The second kappa shape index (κ2) is 5.94. The minimum absolute atomic E-state index is 0.131. The van der Waals surface area contributed by atoms with Crippen molar-refractivity contribution in [2.24, 2.45) is 0 Å². The van der Waals surface area contributed by atoms with Gasteiger partial charge in [-0.2, -0.15) is 0 Å². The Balaban J connectivity index is 3.20. The number of carbonyl (C=O) groups excluding carboxylic acids is 2. The zero-order valence-corrected chi connectivity index (χ0v) is 10.7. The molecule has 1 aromatic rings. The highest BCUT2D eigenvalue weighted by Crippen LogP contribution is 2.31. The lowest BCUT2D eigenvalue weighted by Crippen LogP contribution is -2.10. The van der Waals surface area contributed by atoms with Crippen LogP contribution in [0, 0.1) is 10.1 Å². The van der Waals surface area contributed by atoms with E-state index in [2.05, 4.69) is 0 Å². The number of esters is 2. The molecule has 1 unspecified atom stereocenters. The molecule has 0 aliphatic heterocycles. The Morgan fingerprint density at radius 2 is 1.89 bits per heavy atom. The van der Waals surface area contributed by atoms with E-state index in [1.807, 2.05) is 0 Å². The first-order valence-corrected chi connectivity index (χ1v) is 5.45. The average Bonchev–Trinajstić information content (AvgIpc) is 2.27. The topological polar surface area (TPSA) is 95.7 Å². The van der Waals surface area contributed by atoms with Crippen LogP contribution in [-0.2, 0) is 14.3 Å². The van der Waals surface area contributed by atoms with E-state index in [0.29, 0.717) is 0 Å². The van der Waals surface area contributed by atoms with Gasteiger partial charge >= 0.3 is 11.9 Å². The van der Waals surface area contributed by atoms with Crippen LogP contribution in [0.2, 0.25) is 0 Å². The van der Waals surface area contributed by atoms with E-state index in [0.717, 1.165) is 0 Å². The highest BCUT2D eigenvalue weighted by Gasteiger charge is 2.19. The Morgan fingerprint density at radius 3 is 2.37 bits per heavy atom. The lowest BCUT2D eigenvalue weighted by molar-refractivity contribution is -0.385. The summed E-state index contributed by atoms with van der Waals surface area (Å²) in [4.78, 5) is 32.0. The van der Waals surface area contributed by atoms with Crippen LogP contribution in [-0.4, -0.2) is 16.9 Å². The molecule has 1 rings (SSSR count). The summed E-state index contributed by atoms with van der Waals surface area (Å²) in [5, 5.41) is 10.7. The van der Waals surface area contributed by atoms with Gasteiger partial charge in [-0.05, 0) is 13.0 Å². The Kier molecular flexibility index (Phi) is 4.57. The van der Waals surface area contributed by atoms with Crippen LogP contribution >= 0.6 is 0 Å². The van der Waals surface area contributed by atoms with E-state index in [4.69, 9.17) is 9.47 Å². The van der Waals surface area contributed by atoms with Gasteiger partial charge in [0.25, 0.3) is 5.69 Å². The lowest BCUT2D eigenvalue weighted by atomic mass is 10.1. The maximum Gasteiger partial charge on any atom is 0.308 e. The van der Waals surface area contributed by atoms with E-state index in [-0.39, 0.29) is 17.0 Å². The Hall–Kier alpha value is -2.44. The number of non-ortho nitro benzene ring substituents is 1. The second-order valence-electron chi connectivity index (χ2n) is 3.82. The number of hydrogen-bond donors (Lipinski definition) is 0. The third kappa shape index (κ3) is 4.06. The van der Waals surface area contributed by atoms with Crippen molar-refractivity contribution in [1.29, 1.82) is 0 Å². The Bertz CT molecular complexity index is 525. The highest BCUT2D eigenvalue weighted by molar-refractivity contribution is 5.70. The van der Waals surface area contributed by atoms with Crippen LogP contribution < -0.4 is 4.74 Å². The van der Waals surface area contributed by atoms with Gasteiger partial charge in [0.15, 0.2) is 0 Å². The van der Waals surface area contributed by atoms with Crippen molar-refractivity contribution < 1.29 is 24.0 Å². The number of rotatable bonds is 4. The molecular weight excluding hydrogens is 254 g/mol. The summed E-state index contributed by atoms with van der Waals surface area (Å²) in [7, 11) is 0. The van der Waals surface area contributed by atoms with Crippen LogP contribution in [0.3, 0.4) is 0 Å². The summed E-state index contributed by atoms with van der Waals surface area (Å²) in [5.41, 5.74) is 0.0875. The van der Waals surface area contributed by atoms with E-state index in [1.54, 1.807) is 0 Å². The van der Waals surface area contributed by atoms with E-state index >= 15 is 0 Å². The highest BCUT2D eigenvalue weighted by atomic mass is 16.6. The van der Waals surface area contributed by atoms with Gasteiger partial charge in [0, 0.05) is 31.5 Å². The molecule has 0 radical (unpaired) electrons. The fourth-order valence-electron chi connectivity index (χ4n) is 1.53. The molecule has 0 N–H and O–H groups in total. The Labute approximate surface area is 109 Å².